The Balaban J connectivity index is 2.24. The van der Waals surface area contributed by atoms with Crippen LogP contribution in [0.2, 0.25) is 0 Å². The first kappa shape index (κ1) is 19.2. The molecule has 5 heteroatoms. The molecule has 0 bridgehead atoms. The van der Waals surface area contributed by atoms with Gasteiger partial charge in [-0.05, 0) is 56.0 Å². The van der Waals surface area contributed by atoms with Crippen molar-refractivity contribution in [2.45, 2.75) is 33.6 Å². The van der Waals surface area contributed by atoms with Crippen molar-refractivity contribution in [3.05, 3.63) is 74.6 Å². The minimum Gasteiger partial charge on any atom is -0.394 e. The normalized spacial score (nSPS) is 11.9. The first-order valence-corrected chi connectivity index (χ1v) is 8.90. The fourth-order valence-electron chi connectivity index (χ4n) is 2.77. The Bertz CT molecular complexity index is 810. The van der Waals surface area contributed by atoms with E-state index in [-0.39, 0.29) is 11.4 Å². The van der Waals surface area contributed by atoms with E-state index in [9.17, 15) is 9.18 Å². The van der Waals surface area contributed by atoms with Gasteiger partial charge in [0.15, 0.2) is 0 Å². The van der Waals surface area contributed by atoms with E-state index >= 15 is 0 Å². The van der Waals surface area contributed by atoms with Gasteiger partial charge in [0.25, 0.3) is 5.91 Å². The van der Waals surface area contributed by atoms with E-state index in [2.05, 4.69) is 39.4 Å². The number of rotatable bonds is 5. The van der Waals surface area contributed by atoms with Crippen LogP contribution in [-0.4, -0.2) is 5.91 Å². The minimum absolute atomic E-state index is 0.101. The van der Waals surface area contributed by atoms with Gasteiger partial charge in [0, 0.05) is 4.47 Å². The molecular weight excluding hydrogens is 383 g/mol. The molecule has 132 valence electrons. The van der Waals surface area contributed by atoms with Gasteiger partial charge in [-0.3, -0.25) is 4.79 Å². The zero-order valence-corrected chi connectivity index (χ0v) is 16.2. The molecule has 2 rings (SSSR count). The van der Waals surface area contributed by atoms with Crippen LogP contribution in [0.4, 0.5) is 10.1 Å². The number of halogens is 2. The van der Waals surface area contributed by atoms with E-state index in [0.29, 0.717) is 17.3 Å². The van der Waals surface area contributed by atoms with E-state index in [4.69, 9.17) is 5.73 Å². The average Bonchev–Trinajstić information content (AvgIpc) is 2.54. The Kier molecular flexibility index (Phi) is 6.37. The van der Waals surface area contributed by atoms with E-state index < -0.39 is 11.7 Å². The molecule has 1 amide bonds. The van der Waals surface area contributed by atoms with Crippen molar-refractivity contribution < 1.29 is 9.18 Å². The number of nitrogens with one attached hydrogen (secondary N) is 1. The summed E-state index contributed by atoms with van der Waals surface area (Å²) in [4.78, 5) is 12.4. The van der Waals surface area contributed by atoms with Gasteiger partial charge < -0.3 is 11.1 Å². The zero-order valence-electron chi connectivity index (χ0n) is 14.6. The van der Waals surface area contributed by atoms with Crippen LogP contribution in [0.25, 0.3) is 0 Å². The summed E-state index contributed by atoms with van der Waals surface area (Å²) >= 11 is 3.26. The fraction of sp³-hybridized carbons (Fsp3) is 0.250. The predicted molar refractivity (Wildman–Crippen MR) is 104 cm³/mol. The second-order valence-corrected chi connectivity index (χ2v) is 7.04. The number of carbonyl (C=O) groups is 1. The number of carbonyl (C=O) groups excluding carboxylic acids is 1. The van der Waals surface area contributed by atoms with Crippen LogP contribution in [0.5, 0.6) is 0 Å². The second-order valence-electron chi connectivity index (χ2n) is 6.12. The van der Waals surface area contributed by atoms with Crippen molar-refractivity contribution >= 4 is 27.5 Å². The summed E-state index contributed by atoms with van der Waals surface area (Å²) in [7, 11) is 0. The third-order valence-corrected chi connectivity index (χ3v) is 4.42. The third-order valence-electron chi connectivity index (χ3n) is 3.93. The summed E-state index contributed by atoms with van der Waals surface area (Å²) in [6.07, 6.45) is 1.24. The quantitative estimate of drug-likeness (QED) is 0.688. The largest absolute Gasteiger partial charge is 0.394 e. The number of benzene rings is 2. The number of hydrogen-bond donors (Lipinski definition) is 2. The Morgan fingerprint density at radius 3 is 2.40 bits per heavy atom. The highest BCUT2D eigenvalue weighted by Gasteiger charge is 2.14. The number of amides is 1. The molecule has 0 spiro atoms. The molecule has 0 saturated heterocycles. The monoisotopic (exact) mass is 404 g/mol. The standard InChI is InChI=1S/C20H22BrFN2O/c1-4-15(10-14-8-12(2)7-13(3)9-14)19(23)20(25)24-18-11-16(21)5-6-17(18)22/h5-9,11H,4,10,23H2,1-3H3,(H,24,25)/b19-15+. The lowest BCUT2D eigenvalue weighted by atomic mass is 9.98. The summed E-state index contributed by atoms with van der Waals surface area (Å²) in [6, 6.07) is 10.6. The smallest absolute Gasteiger partial charge is 0.271 e. The maximum atomic E-state index is 13.8. The van der Waals surface area contributed by atoms with Crippen molar-refractivity contribution in [2.75, 3.05) is 5.32 Å². The molecule has 2 aromatic rings. The summed E-state index contributed by atoms with van der Waals surface area (Å²) in [6.45, 7) is 6.04. The first-order valence-electron chi connectivity index (χ1n) is 8.11. The zero-order chi connectivity index (χ0) is 18.6. The Morgan fingerprint density at radius 1 is 1.16 bits per heavy atom. The second kappa shape index (κ2) is 8.30. The van der Waals surface area contributed by atoms with Gasteiger partial charge in [-0.2, -0.15) is 0 Å². The number of anilines is 1. The van der Waals surface area contributed by atoms with Gasteiger partial charge in [-0.15, -0.1) is 0 Å². The van der Waals surface area contributed by atoms with Gasteiger partial charge >= 0.3 is 0 Å². The molecular formula is C20H22BrFN2O. The van der Waals surface area contributed by atoms with Gasteiger partial charge in [-0.25, -0.2) is 4.39 Å². The SMILES string of the molecule is CC/C(Cc1cc(C)cc(C)c1)=C(\N)C(=O)Nc1cc(Br)ccc1F. The van der Waals surface area contributed by atoms with Gasteiger partial charge in [0.1, 0.15) is 5.82 Å². The molecule has 0 aromatic heterocycles. The predicted octanol–water partition coefficient (Wildman–Crippen LogP) is 5.01. The van der Waals surface area contributed by atoms with Crippen molar-refractivity contribution in [1.29, 1.82) is 0 Å². The molecule has 0 saturated carbocycles. The molecule has 3 nitrogen and oxygen atoms in total. The van der Waals surface area contributed by atoms with Gasteiger partial charge in [-0.1, -0.05) is 52.2 Å². The maximum absolute atomic E-state index is 13.8. The van der Waals surface area contributed by atoms with Crippen LogP contribution in [0.15, 0.2) is 52.1 Å². The molecule has 0 aliphatic rings. The van der Waals surface area contributed by atoms with E-state index in [1.807, 2.05) is 20.8 Å². The van der Waals surface area contributed by atoms with Crippen molar-refractivity contribution in [1.82, 2.24) is 0 Å². The summed E-state index contributed by atoms with van der Waals surface area (Å²) in [5.41, 5.74) is 10.6. The number of aryl methyl sites for hydroxylation is 2. The lowest BCUT2D eigenvalue weighted by Gasteiger charge is -2.13. The van der Waals surface area contributed by atoms with Gasteiger partial charge in [0.05, 0.1) is 11.4 Å². The Labute approximate surface area is 156 Å². The highest BCUT2D eigenvalue weighted by molar-refractivity contribution is 9.10. The molecule has 0 radical (unpaired) electrons. The number of allylic oxidation sites excluding steroid dienone is 1. The molecule has 0 fully saturated rings. The molecule has 0 aliphatic heterocycles. The third kappa shape index (κ3) is 5.16. The van der Waals surface area contributed by atoms with Crippen LogP contribution in [0.3, 0.4) is 0 Å². The molecule has 0 aliphatic carbocycles. The highest BCUT2D eigenvalue weighted by Crippen LogP contribution is 2.21. The van der Waals surface area contributed by atoms with Crippen LogP contribution >= 0.6 is 15.9 Å². The summed E-state index contributed by atoms with van der Waals surface area (Å²) in [5, 5.41) is 2.55. The number of hydrogen-bond acceptors (Lipinski definition) is 2. The number of nitrogens with two attached hydrogens (primary N) is 1. The molecule has 0 atom stereocenters. The lowest BCUT2D eigenvalue weighted by molar-refractivity contribution is -0.113. The van der Waals surface area contributed by atoms with Crippen LogP contribution < -0.4 is 11.1 Å². The van der Waals surface area contributed by atoms with Crippen LogP contribution in [0.1, 0.15) is 30.0 Å². The molecule has 2 aromatic carbocycles. The van der Waals surface area contributed by atoms with Gasteiger partial charge in [0.2, 0.25) is 0 Å². The van der Waals surface area contributed by atoms with E-state index in [1.54, 1.807) is 6.07 Å². The van der Waals surface area contributed by atoms with E-state index in [1.165, 1.54) is 23.3 Å². The minimum atomic E-state index is -0.503. The maximum Gasteiger partial charge on any atom is 0.271 e. The van der Waals surface area contributed by atoms with Crippen molar-refractivity contribution in [3.63, 3.8) is 0 Å². The van der Waals surface area contributed by atoms with Crippen LogP contribution in [0, 0.1) is 19.7 Å². The summed E-state index contributed by atoms with van der Waals surface area (Å²) in [5.74, 6) is -0.991. The van der Waals surface area contributed by atoms with Crippen LogP contribution in [-0.2, 0) is 11.2 Å². The Morgan fingerprint density at radius 2 is 1.80 bits per heavy atom. The topological polar surface area (TPSA) is 55.1 Å². The molecule has 25 heavy (non-hydrogen) atoms. The molecule has 3 N–H and O–H groups in total. The first-order chi connectivity index (χ1) is 11.8. The van der Waals surface area contributed by atoms with Crippen molar-refractivity contribution in [2.24, 2.45) is 5.73 Å². The Hall–Kier alpha value is -2.14. The average molecular weight is 405 g/mol. The van der Waals surface area contributed by atoms with Crippen molar-refractivity contribution in [3.8, 4) is 0 Å². The summed E-state index contributed by atoms with van der Waals surface area (Å²) < 4.78 is 14.5. The molecule has 0 heterocycles. The van der Waals surface area contributed by atoms with E-state index in [0.717, 1.165) is 11.1 Å². The fourth-order valence-corrected chi connectivity index (χ4v) is 3.13. The lowest BCUT2D eigenvalue weighted by Crippen LogP contribution is -2.23. The molecule has 0 unspecified atom stereocenters. The highest BCUT2D eigenvalue weighted by atomic mass is 79.9.